The quantitative estimate of drug-likeness (QED) is 0.617. The van der Waals surface area contributed by atoms with Gasteiger partial charge < -0.3 is 14.7 Å². The molecule has 2 rings (SSSR count). The number of rotatable bonds is 7. The third-order valence-corrected chi connectivity index (χ3v) is 4.18. The molecule has 0 radical (unpaired) electrons. The van der Waals surface area contributed by atoms with Crippen LogP contribution in [0.1, 0.15) is 38.3 Å². The third kappa shape index (κ3) is 4.68. The Balaban J connectivity index is 1.97. The smallest absolute Gasteiger partial charge is 0.226 e. The minimum absolute atomic E-state index is 0.0176. The van der Waals surface area contributed by atoms with Crippen LogP contribution < -0.4 is 5.32 Å². The first-order valence-corrected chi connectivity index (χ1v) is 8.20. The highest BCUT2D eigenvalue weighted by atomic mass is 16.5. The lowest BCUT2D eigenvalue weighted by Gasteiger charge is -2.30. The number of hydrogen-bond acceptors (Lipinski definition) is 4. The predicted molar refractivity (Wildman–Crippen MR) is 86.2 cm³/mol. The van der Waals surface area contributed by atoms with Crippen LogP contribution in [0.3, 0.4) is 0 Å². The van der Waals surface area contributed by atoms with Gasteiger partial charge in [-0.3, -0.25) is 9.59 Å². The average Bonchev–Trinajstić information content (AvgIpc) is 3.07. The first-order chi connectivity index (χ1) is 11.1. The van der Waals surface area contributed by atoms with Gasteiger partial charge in [0.1, 0.15) is 12.0 Å². The van der Waals surface area contributed by atoms with Crippen LogP contribution in [0.4, 0.5) is 0 Å². The van der Waals surface area contributed by atoms with E-state index in [1.165, 1.54) is 6.26 Å². The summed E-state index contributed by atoms with van der Waals surface area (Å²) in [6, 6.07) is 1.74. The Morgan fingerprint density at radius 1 is 1.35 bits per heavy atom. The molecule has 0 spiro atoms. The van der Waals surface area contributed by atoms with Gasteiger partial charge in [-0.05, 0) is 19.3 Å². The first-order valence-electron chi connectivity index (χ1n) is 8.20. The van der Waals surface area contributed by atoms with Gasteiger partial charge in [0.2, 0.25) is 11.8 Å². The van der Waals surface area contributed by atoms with Gasteiger partial charge in [-0.1, -0.05) is 30.7 Å². The Hall–Kier alpha value is -2.11. The van der Waals surface area contributed by atoms with Crippen molar-refractivity contribution in [3.05, 3.63) is 30.2 Å². The number of carbonyl (C=O) groups excluding carboxylic acids is 2. The Morgan fingerprint density at radius 2 is 2.09 bits per heavy atom. The number of nitrogens with one attached hydrogen (secondary N) is 1. The zero-order valence-corrected chi connectivity index (χ0v) is 13.8. The Kier molecular flexibility index (Phi) is 6.38. The van der Waals surface area contributed by atoms with E-state index in [-0.39, 0.29) is 23.7 Å². The molecule has 1 aliphatic carbocycles. The summed E-state index contributed by atoms with van der Waals surface area (Å²) in [5.41, 5.74) is 0.705. The van der Waals surface area contributed by atoms with Crippen LogP contribution in [-0.4, -0.2) is 35.5 Å². The van der Waals surface area contributed by atoms with Crippen molar-refractivity contribution in [1.82, 2.24) is 15.4 Å². The summed E-state index contributed by atoms with van der Waals surface area (Å²) in [7, 11) is 1.74. The Labute approximate surface area is 136 Å². The molecule has 0 unspecified atom stereocenters. The minimum atomic E-state index is -0.307. The van der Waals surface area contributed by atoms with Gasteiger partial charge in [0.25, 0.3) is 0 Å². The second-order valence-electron chi connectivity index (χ2n) is 5.99. The average molecular weight is 319 g/mol. The van der Waals surface area contributed by atoms with E-state index in [2.05, 4.69) is 17.4 Å². The molecule has 1 aromatic rings. The van der Waals surface area contributed by atoms with Crippen LogP contribution in [0.25, 0.3) is 0 Å². The van der Waals surface area contributed by atoms with Crippen LogP contribution in [0.2, 0.25) is 0 Å². The third-order valence-electron chi connectivity index (χ3n) is 4.18. The molecule has 2 amide bonds. The van der Waals surface area contributed by atoms with Crippen molar-refractivity contribution in [3.63, 3.8) is 0 Å². The normalized spacial score (nSPS) is 20.3. The van der Waals surface area contributed by atoms with Gasteiger partial charge in [0.15, 0.2) is 0 Å². The predicted octanol–water partition coefficient (Wildman–Crippen LogP) is 2.13. The fourth-order valence-corrected chi connectivity index (χ4v) is 2.82. The molecular weight excluding hydrogens is 294 g/mol. The van der Waals surface area contributed by atoms with Crippen molar-refractivity contribution in [2.45, 2.75) is 39.2 Å². The number of unbranched alkanes of at least 4 members (excludes halogenated alkanes) is 1. The van der Waals surface area contributed by atoms with E-state index in [1.54, 1.807) is 18.0 Å². The summed E-state index contributed by atoms with van der Waals surface area (Å²) in [6.45, 7) is 3.14. The second-order valence-corrected chi connectivity index (χ2v) is 5.99. The van der Waals surface area contributed by atoms with Crippen molar-refractivity contribution in [2.24, 2.45) is 11.8 Å². The van der Waals surface area contributed by atoms with Gasteiger partial charge in [-0.25, -0.2) is 0 Å². The number of carbonyl (C=O) groups is 2. The van der Waals surface area contributed by atoms with Crippen LogP contribution in [0.15, 0.2) is 29.0 Å². The molecule has 1 aromatic heterocycles. The van der Waals surface area contributed by atoms with Crippen molar-refractivity contribution in [1.29, 1.82) is 0 Å². The van der Waals surface area contributed by atoms with Gasteiger partial charge in [-0.15, -0.1) is 0 Å². The monoisotopic (exact) mass is 319 g/mol. The summed E-state index contributed by atoms with van der Waals surface area (Å²) in [5, 5.41) is 6.78. The molecule has 126 valence electrons. The number of nitrogens with zero attached hydrogens (tertiary/aromatic N) is 2. The molecule has 0 saturated heterocycles. The van der Waals surface area contributed by atoms with Gasteiger partial charge in [0, 0.05) is 19.7 Å². The lowest BCUT2D eigenvalue weighted by Crippen LogP contribution is -2.43. The Bertz CT molecular complexity index is 539. The summed E-state index contributed by atoms with van der Waals surface area (Å²) in [4.78, 5) is 26.7. The minimum Gasteiger partial charge on any atom is -0.364 e. The molecule has 0 fully saturated rings. The summed E-state index contributed by atoms with van der Waals surface area (Å²) in [5.74, 6) is -0.633. The zero-order chi connectivity index (χ0) is 16.7. The molecule has 1 heterocycles. The second kappa shape index (κ2) is 8.50. The molecule has 1 aliphatic rings. The first kappa shape index (κ1) is 17.2. The van der Waals surface area contributed by atoms with Crippen LogP contribution in [0.5, 0.6) is 0 Å². The highest BCUT2D eigenvalue weighted by Gasteiger charge is 2.35. The van der Waals surface area contributed by atoms with Crippen LogP contribution in [-0.2, 0) is 16.1 Å². The van der Waals surface area contributed by atoms with E-state index < -0.39 is 0 Å². The lowest BCUT2D eigenvalue weighted by molar-refractivity contribution is -0.141. The van der Waals surface area contributed by atoms with E-state index >= 15 is 0 Å². The van der Waals surface area contributed by atoms with E-state index in [0.717, 1.165) is 12.8 Å². The van der Waals surface area contributed by atoms with E-state index in [4.69, 9.17) is 4.52 Å². The van der Waals surface area contributed by atoms with Gasteiger partial charge in [0.05, 0.1) is 18.4 Å². The fraction of sp³-hybridized carbons (Fsp3) is 0.588. The van der Waals surface area contributed by atoms with Crippen molar-refractivity contribution >= 4 is 11.8 Å². The van der Waals surface area contributed by atoms with E-state index in [9.17, 15) is 9.59 Å². The standard InChI is InChI=1S/C17H25N3O3/c1-3-4-10-18-16(21)14-7-5-6-8-15(14)17(22)20(2)12-13-9-11-23-19-13/h5-6,9,11,14-15H,3-4,7-8,10,12H2,1-2H3,(H,18,21)/t14-,15+/m1/s1. The molecule has 6 heteroatoms. The molecule has 0 bridgehead atoms. The van der Waals surface area contributed by atoms with Gasteiger partial charge >= 0.3 is 0 Å². The fourth-order valence-electron chi connectivity index (χ4n) is 2.82. The highest BCUT2D eigenvalue weighted by molar-refractivity contribution is 5.88. The molecule has 0 aliphatic heterocycles. The molecule has 0 saturated carbocycles. The maximum Gasteiger partial charge on any atom is 0.226 e. The summed E-state index contributed by atoms with van der Waals surface area (Å²) in [6.07, 6.45) is 8.68. The number of aromatic nitrogens is 1. The van der Waals surface area contributed by atoms with Crippen LogP contribution >= 0.6 is 0 Å². The zero-order valence-electron chi connectivity index (χ0n) is 13.8. The van der Waals surface area contributed by atoms with E-state index in [0.29, 0.717) is 31.6 Å². The number of hydrogen-bond donors (Lipinski definition) is 1. The largest absolute Gasteiger partial charge is 0.364 e. The molecular formula is C17H25N3O3. The maximum atomic E-state index is 12.7. The highest BCUT2D eigenvalue weighted by Crippen LogP contribution is 2.28. The number of amides is 2. The lowest BCUT2D eigenvalue weighted by atomic mass is 9.81. The van der Waals surface area contributed by atoms with Crippen molar-refractivity contribution in [2.75, 3.05) is 13.6 Å². The Morgan fingerprint density at radius 3 is 2.74 bits per heavy atom. The SMILES string of the molecule is CCCCNC(=O)[C@@H]1CC=CC[C@@H]1C(=O)N(C)Cc1ccon1. The molecule has 23 heavy (non-hydrogen) atoms. The number of allylic oxidation sites excluding steroid dienone is 2. The molecule has 1 N–H and O–H groups in total. The molecule has 2 atom stereocenters. The van der Waals surface area contributed by atoms with Crippen molar-refractivity contribution < 1.29 is 14.1 Å². The van der Waals surface area contributed by atoms with Crippen molar-refractivity contribution in [3.8, 4) is 0 Å². The molecule has 0 aromatic carbocycles. The van der Waals surface area contributed by atoms with E-state index in [1.807, 2.05) is 12.2 Å². The molecule has 6 nitrogen and oxygen atoms in total. The topological polar surface area (TPSA) is 75.4 Å². The summed E-state index contributed by atoms with van der Waals surface area (Å²) >= 11 is 0. The maximum absolute atomic E-state index is 12.7. The van der Waals surface area contributed by atoms with Gasteiger partial charge in [-0.2, -0.15) is 0 Å². The van der Waals surface area contributed by atoms with Crippen LogP contribution in [0, 0.1) is 11.8 Å². The summed E-state index contributed by atoms with van der Waals surface area (Å²) < 4.78 is 4.79.